The Balaban J connectivity index is 0.00000400. The number of anilines is 1. The molecule has 0 aliphatic carbocycles. The first-order chi connectivity index (χ1) is 25.1. The molecular formula is C43H40BN7OPt. The van der Waals surface area contributed by atoms with Crippen molar-refractivity contribution in [2.24, 2.45) is 0 Å². The molecule has 0 fully saturated rings. The van der Waals surface area contributed by atoms with E-state index in [0.29, 0.717) is 23.3 Å². The van der Waals surface area contributed by atoms with Crippen molar-refractivity contribution in [2.45, 2.75) is 60.3 Å². The minimum Gasteiger partial charge on any atom is -0.503 e. The van der Waals surface area contributed by atoms with E-state index in [4.69, 9.17) is 19.7 Å². The summed E-state index contributed by atoms with van der Waals surface area (Å²) in [6, 6.07) is 30.5. The number of hydrogen-bond donors (Lipinski definition) is 0. The Kier molecular flexibility index (Phi) is 8.61. The van der Waals surface area contributed by atoms with Gasteiger partial charge in [0.1, 0.15) is 5.82 Å². The normalized spacial score (nSPS) is 12.6. The molecule has 0 amide bonds. The summed E-state index contributed by atoms with van der Waals surface area (Å²) in [6.07, 6.45) is 5.89. The predicted octanol–water partition coefficient (Wildman–Crippen LogP) is 8.95. The zero-order valence-electron chi connectivity index (χ0n) is 31.2. The van der Waals surface area contributed by atoms with Crippen molar-refractivity contribution in [3.63, 3.8) is 0 Å². The van der Waals surface area contributed by atoms with Crippen LogP contribution < -0.4 is 15.0 Å². The molecule has 1 aliphatic rings. The molecule has 4 aromatic carbocycles. The van der Waals surface area contributed by atoms with Crippen molar-refractivity contribution in [1.82, 2.24) is 28.4 Å². The van der Waals surface area contributed by atoms with Crippen LogP contribution in [0.4, 0.5) is 5.69 Å². The van der Waals surface area contributed by atoms with E-state index in [-0.39, 0.29) is 28.0 Å². The maximum absolute atomic E-state index is 6.57. The van der Waals surface area contributed by atoms with Crippen LogP contribution in [0.1, 0.15) is 67.3 Å². The Morgan fingerprint density at radius 2 is 1.49 bits per heavy atom. The first kappa shape index (κ1) is 34.9. The molecule has 0 N–H and O–H groups in total. The third-order valence-electron chi connectivity index (χ3n) is 10.7. The third-order valence-corrected chi connectivity index (χ3v) is 10.7. The number of ether oxygens (including phenoxy) is 1. The van der Waals surface area contributed by atoms with Crippen LogP contribution in [0.3, 0.4) is 0 Å². The van der Waals surface area contributed by atoms with Gasteiger partial charge in [-0.1, -0.05) is 81.4 Å². The van der Waals surface area contributed by atoms with Crippen molar-refractivity contribution in [1.29, 1.82) is 0 Å². The maximum Gasteiger partial charge on any atom is 2.00 e. The zero-order valence-corrected chi connectivity index (χ0v) is 33.4. The van der Waals surface area contributed by atoms with Crippen LogP contribution in [0, 0.1) is 32.9 Å². The van der Waals surface area contributed by atoms with E-state index < -0.39 is 0 Å². The van der Waals surface area contributed by atoms with E-state index in [9.17, 15) is 0 Å². The fraction of sp³-hybridized carbons (Fsp3) is 0.233. The van der Waals surface area contributed by atoms with Gasteiger partial charge in [0.2, 0.25) is 5.78 Å². The molecule has 0 unspecified atom stereocenters. The van der Waals surface area contributed by atoms with E-state index in [1.165, 1.54) is 16.6 Å². The molecule has 53 heavy (non-hydrogen) atoms. The minimum absolute atomic E-state index is 0. The van der Waals surface area contributed by atoms with Crippen molar-refractivity contribution >= 4 is 46.0 Å². The number of para-hydroxylation sites is 1. The van der Waals surface area contributed by atoms with Crippen molar-refractivity contribution in [2.75, 3.05) is 11.9 Å². The molecule has 0 bridgehead atoms. The molecule has 1 aliphatic heterocycles. The van der Waals surface area contributed by atoms with Crippen LogP contribution in [0.5, 0.6) is 11.5 Å². The van der Waals surface area contributed by atoms with Gasteiger partial charge in [0.15, 0.2) is 0 Å². The second kappa shape index (κ2) is 13.1. The van der Waals surface area contributed by atoms with Gasteiger partial charge in [-0.05, 0) is 96.1 Å². The Labute approximate surface area is 324 Å². The molecule has 9 rings (SSSR count). The van der Waals surface area contributed by atoms with E-state index >= 15 is 0 Å². The molecule has 0 radical (unpaired) electrons. The maximum atomic E-state index is 6.57. The number of benzene rings is 4. The number of aromatic nitrogens is 6. The van der Waals surface area contributed by atoms with Crippen LogP contribution >= 0.6 is 0 Å². The van der Waals surface area contributed by atoms with Crippen molar-refractivity contribution < 1.29 is 25.8 Å². The molecule has 0 saturated heterocycles. The Hall–Kier alpha value is -5.14. The number of imidazole rings is 3. The van der Waals surface area contributed by atoms with Crippen molar-refractivity contribution in [3.8, 4) is 28.7 Å². The molecule has 0 spiro atoms. The Morgan fingerprint density at radius 3 is 2.23 bits per heavy atom. The summed E-state index contributed by atoms with van der Waals surface area (Å²) in [6.45, 7) is 15.3. The van der Waals surface area contributed by atoms with Gasteiger partial charge >= 0.3 is 28.0 Å². The fourth-order valence-corrected chi connectivity index (χ4v) is 7.90. The van der Waals surface area contributed by atoms with Gasteiger partial charge in [0.25, 0.3) is 0 Å². The van der Waals surface area contributed by atoms with E-state index in [1.54, 1.807) is 0 Å². The molecule has 5 heterocycles. The number of aryl methyl sites for hydroxylation is 3. The summed E-state index contributed by atoms with van der Waals surface area (Å²) in [4.78, 5) is 17.2. The molecule has 4 aromatic heterocycles. The molecule has 0 atom stereocenters. The van der Waals surface area contributed by atoms with Gasteiger partial charge in [0, 0.05) is 35.9 Å². The number of rotatable bonds is 6. The van der Waals surface area contributed by atoms with Gasteiger partial charge in [-0.2, -0.15) is 0 Å². The van der Waals surface area contributed by atoms with Crippen LogP contribution in [-0.2, 0) is 21.1 Å². The molecule has 8 aromatic rings. The summed E-state index contributed by atoms with van der Waals surface area (Å²) >= 11 is 0. The average molecular weight is 877 g/mol. The quantitative estimate of drug-likeness (QED) is 0.123. The fourth-order valence-electron chi connectivity index (χ4n) is 7.90. The monoisotopic (exact) mass is 876 g/mol. The van der Waals surface area contributed by atoms with Gasteiger partial charge < -0.3 is 18.4 Å². The molecule has 8 nitrogen and oxygen atoms in total. The van der Waals surface area contributed by atoms with Gasteiger partial charge in [-0.3, -0.25) is 9.55 Å². The Bertz CT molecular complexity index is 2680. The third kappa shape index (κ3) is 5.42. The molecular weight excluding hydrogens is 836 g/mol. The van der Waals surface area contributed by atoms with Crippen LogP contribution in [0.25, 0.3) is 45.1 Å². The predicted molar refractivity (Wildman–Crippen MR) is 211 cm³/mol. The SMILES string of the molecule is Cc1cnc(-n2c3[c-]c(Oc4[c-]c5c(cc4)N(C)B(c4c(C(C)C)cccc4C(C)C)n4ccnc4-5)ccc3n3c4cccc(C)c4nc23)cc1C.[Pt+2]. The first-order valence-electron chi connectivity index (χ1n) is 18.0. The smallest absolute Gasteiger partial charge is 0.503 e. The summed E-state index contributed by atoms with van der Waals surface area (Å²) in [5.74, 6) is 4.37. The summed E-state index contributed by atoms with van der Waals surface area (Å²) in [5.41, 5.74) is 13.3. The molecule has 10 heteroatoms. The van der Waals surface area contributed by atoms with E-state index in [1.807, 2.05) is 24.5 Å². The standard InChI is InChI=1S/C43H40BN7O.Pt/c1-25(2)32-12-10-13-33(26(3)4)40(32)44-48(8)35-17-15-30(22-34(35)42-45-19-20-49(42)44)52-31-16-18-36-38(23-31)51(39-21-28(6)29(7)24-46-39)43-47-41-27(5)11-9-14-37(41)50(36)43;/h9-21,24-26H,1-8H3;/q-2;+2. The van der Waals surface area contributed by atoms with Crippen LogP contribution in [0.15, 0.2) is 85.3 Å². The van der Waals surface area contributed by atoms with Gasteiger partial charge in [-0.25, -0.2) is 9.97 Å². The van der Waals surface area contributed by atoms with Crippen LogP contribution in [0.2, 0.25) is 0 Å². The van der Waals surface area contributed by atoms with E-state index in [2.05, 4.69) is 147 Å². The summed E-state index contributed by atoms with van der Waals surface area (Å²) < 4.78 is 13.1. The van der Waals surface area contributed by atoms with E-state index in [0.717, 1.165) is 67.4 Å². The van der Waals surface area contributed by atoms with Gasteiger partial charge in [0.05, 0.1) is 11.0 Å². The zero-order chi connectivity index (χ0) is 36.0. The number of nitrogens with zero attached hydrogens (tertiary/aromatic N) is 7. The average Bonchev–Trinajstić information content (AvgIpc) is 3.84. The van der Waals surface area contributed by atoms with Gasteiger partial charge in [-0.15, -0.1) is 24.3 Å². The molecule has 0 saturated carbocycles. The van der Waals surface area contributed by atoms with Crippen LogP contribution in [-0.4, -0.2) is 42.4 Å². The summed E-state index contributed by atoms with van der Waals surface area (Å²) in [7, 11) is 2.17. The number of hydrogen-bond acceptors (Lipinski definition) is 5. The largest absolute Gasteiger partial charge is 2.00 e. The number of fused-ring (bicyclic) bond motifs is 8. The topological polar surface area (TPSA) is 65.4 Å². The van der Waals surface area contributed by atoms with Crippen molar-refractivity contribution in [3.05, 3.63) is 125 Å². The second-order valence-corrected chi connectivity index (χ2v) is 14.7. The Morgan fingerprint density at radius 1 is 0.774 bits per heavy atom. The number of pyridine rings is 1. The minimum atomic E-state index is -0.0394. The second-order valence-electron chi connectivity index (χ2n) is 14.7. The summed E-state index contributed by atoms with van der Waals surface area (Å²) in [5, 5.41) is 0. The first-order valence-corrected chi connectivity index (χ1v) is 18.0. The molecule has 266 valence electrons.